The van der Waals surface area contributed by atoms with E-state index in [-0.39, 0.29) is 11.9 Å². The smallest absolute Gasteiger partial charge is 0.170 e. The van der Waals surface area contributed by atoms with Crippen molar-refractivity contribution in [2.45, 2.75) is 12.6 Å². The van der Waals surface area contributed by atoms with Crippen LogP contribution in [0.5, 0.6) is 5.75 Å². The predicted octanol–water partition coefficient (Wildman–Crippen LogP) is 0.295. The second kappa shape index (κ2) is 7.82. The van der Waals surface area contributed by atoms with Crippen LogP contribution in [0.15, 0.2) is 23.4 Å². The van der Waals surface area contributed by atoms with E-state index in [0.717, 1.165) is 11.3 Å². The molecule has 0 aliphatic carbocycles. The van der Waals surface area contributed by atoms with E-state index in [1.165, 1.54) is 0 Å². The summed E-state index contributed by atoms with van der Waals surface area (Å²) in [6, 6.07) is 5.37. The standard InChI is InChI=1S/C14H21N3O4/c1-19-13-3-2-10(14(15)17-18)6-11(13)7-16-8-12-9-20-4-5-21-12/h2-3,6,12,16,18H,4-5,7-9H2,1H3,(H2,15,17). The molecule has 1 aromatic carbocycles. The third-order valence-electron chi connectivity index (χ3n) is 3.26. The van der Waals surface area contributed by atoms with Crippen molar-refractivity contribution in [1.29, 1.82) is 0 Å². The number of amidine groups is 1. The largest absolute Gasteiger partial charge is 0.496 e. The molecule has 1 aromatic rings. The second-order valence-corrected chi connectivity index (χ2v) is 4.71. The van der Waals surface area contributed by atoms with Gasteiger partial charge in [0.15, 0.2) is 5.84 Å². The minimum absolute atomic E-state index is 0.0667. The molecule has 7 nitrogen and oxygen atoms in total. The summed E-state index contributed by atoms with van der Waals surface area (Å²) in [4.78, 5) is 0. The molecule has 0 bridgehead atoms. The number of oxime groups is 1. The average Bonchev–Trinajstić information content (AvgIpc) is 2.55. The van der Waals surface area contributed by atoms with Gasteiger partial charge >= 0.3 is 0 Å². The highest BCUT2D eigenvalue weighted by Crippen LogP contribution is 2.19. The first-order valence-corrected chi connectivity index (χ1v) is 6.79. The van der Waals surface area contributed by atoms with Gasteiger partial charge in [-0.05, 0) is 18.2 Å². The van der Waals surface area contributed by atoms with Crippen LogP contribution in [-0.2, 0) is 16.0 Å². The SMILES string of the molecule is COc1ccc(/C(N)=N/O)cc1CNCC1COCCO1. The lowest BCUT2D eigenvalue weighted by molar-refractivity contribution is -0.0864. The molecular formula is C14H21N3O4. The number of benzene rings is 1. The number of nitrogens with two attached hydrogens (primary N) is 1. The molecule has 1 aliphatic heterocycles. The summed E-state index contributed by atoms with van der Waals surface area (Å²) in [7, 11) is 1.61. The molecular weight excluding hydrogens is 274 g/mol. The molecule has 0 aromatic heterocycles. The third-order valence-corrected chi connectivity index (χ3v) is 3.26. The molecule has 116 valence electrons. The van der Waals surface area contributed by atoms with Crippen LogP contribution in [0.4, 0.5) is 0 Å². The Labute approximate surface area is 123 Å². The zero-order valence-electron chi connectivity index (χ0n) is 12.0. The number of nitrogens with zero attached hydrogens (tertiary/aromatic N) is 1. The van der Waals surface area contributed by atoms with Gasteiger partial charge in [-0.2, -0.15) is 0 Å². The summed E-state index contributed by atoms with van der Waals surface area (Å²) in [5.74, 6) is 0.820. The third kappa shape index (κ3) is 4.32. The Morgan fingerprint density at radius 2 is 2.38 bits per heavy atom. The fraction of sp³-hybridized carbons (Fsp3) is 0.500. The van der Waals surface area contributed by atoms with Gasteiger partial charge in [0.2, 0.25) is 0 Å². The van der Waals surface area contributed by atoms with E-state index in [1.54, 1.807) is 19.2 Å². The molecule has 1 fully saturated rings. The fourth-order valence-corrected chi connectivity index (χ4v) is 2.16. The molecule has 1 heterocycles. The maximum atomic E-state index is 8.74. The highest BCUT2D eigenvalue weighted by molar-refractivity contribution is 5.97. The molecule has 0 radical (unpaired) electrons. The maximum Gasteiger partial charge on any atom is 0.170 e. The van der Waals surface area contributed by atoms with Crippen molar-refractivity contribution in [3.8, 4) is 5.75 Å². The number of hydrogen-bond donors (Lipinski definition) is 3. The molecule has 1 atom stereocenters. The van der Waals surface area contributed by atoms with Crippen molar-refractivity contribution in [2.24, 2.45) is 10.9 Å². The Balaban J connectivity index is 1.96. The first-order valence-electron chi connectivity index (χ1n) is 6.79. The summed E-state index contributed by atoms with van der Waals surface area (Å²) in [6.45, 7) is 3.18. The zero-order chi connectivity index (χ0) is 15.1. The predicted molar refractivity (Wildman–Crippen MR) is 77.8 cm³/mol. The molecule has 21 heavy (non-hydrogen) atoms. The number of nitrogens with one attached hydrogen (secondary N) is 1. The number of rotatable bonds is 6. The average molecular weight is 295 g/mol. The van der Waals surface area contributed by atoms with Gasteiger partial charge in [-0.3, -0.25) is 0 Å². The first-order chi connectivity index (χ1) is 10.2. The quantitative estimate of drug-likeness (QED) is 0.302. The van der Waals surface area contributed by atoms with Crippen LogP contribution < -0.4 is 15.8 Å². The van der Waals surface area contributed by atoms with Gasteiger partial charge in [0.05, 0.1) is 33.0 Å². The van der Waals surface area contributed by atoms with E-state index in [4.69, 9.17) is 25.2 Å². The van der Waals surface area contributed by atoms with Gasteiger partial charge in [-0.25, -0.2) is 0 Å². The Morgan fingerprint density at radius 3 is 3.05 bits per heavy atom. The minimum Gasteiger partial charge on any atom is -0.496 e. The zero-order valence-corrected chi connectivity index (χ0v) is 12.0. The van der Waals surface area contributed by atoms with Crippen molar-refractivity contribution in [3.63, 3.8) is 0 Å². The van der Waals surface area contributed by atoms with E-state index in [1.807, 2.05) is 6.07 Å². The van der Waals surface area contributed by atoms with E-state index in [0.29, 0.717) is 38.5 Å². The molecule has 1 unspecified atom stereocenters. The van der Waals surface area contributed by atoms with Crippen molar-refractivity contribution >= 4 is 5.84 Å². The number of methoxy groups -OCH3 is 1. The summed E-state index contributed by atoms with van der Waals surface area (Å²) < 4.78 is 16.2. The normalized spacial score (nSPS) is 19.5. The second-order valence-electron chi connectivity index (χ2n) is 4.71. The van der Waals surface area contributed by atoms with Crippen LogP contribution in [0.3, 0.4) is 0 Å². The molecule has 7 heteroatoms. The highest BCUT2D eigenvalue weighted by atomic mass is 16.6. The van der Waals surface area contributed by atoms with Crippen LogP contribution in [0, 0.1) is 0 Å². The van der Waals surface area contributed by atoms with Crippen molar-refractivity contribution in [2.75, 3.05) is 33.5 Å². The Kier molecular flexibility index (Phi) is 5.79. The maximum absolute atomic E-state index is 8.74. The highest BCUT2D eigenvalue weighted by Gasteiger charge is 2.14. The van der Waals surface area contributed by atoms with Gasteiger partial charge in [0, 0.05) is 24.2 Å². The van der Waals surface area contributed by atoms with Crippen molar-refractivity contribution in [3.05, 3.63) is 29.3 Å². The van der Waals surface area contributed by atoms with Crippen LogP contribution in [0.25, 0.3) is 0 Å². The van der Waals surface area contributed by atoms with E-state index in [2.05, 4.69) is 10.5 Å². The van der Waals surface area contributed by atoms with E-state index < -0.39 is 0 Å². The van der Waals surface area contributed by atoms with Crippen LogP contribution in [-0.4, -0.2) is 50.6 Å². The lowest BCUT2D eigenvalue weighted by Gasteiger charge is -2.23. The van der Waals surface area contributed by atoms with Gasteiger partial charge in [-0.1, -0.05) is 5.16 Å². The van der Waals surface area contributed by atoms with E-state index in [9.17, 15) is 0 Å². The van der Waals surface area contributed by atoms with Gasteiger partial charge in [-0.15, -0.1) is 0 Å². The molecule has 0 amide bonds. The Morgan fingerprint density at radius 1 is 1.52 bits per heavy atom. The van der Waals surface area contributed by atoms with Crippen molar-refractivity contribution in [1.82, 2.24) is 5.32 Å². The molecule has 1 saturated heterocycles. The number of hydrogen-bond acceptors (Lipinski definition) is 6. The van der Waals surface area contributed by atoms with Crippen LogP contribution in [0.1, 0.15) is 11.1 Å². The molecule has 1 aliphatic rings. The van der Waals surface area contributed by atoms with Gasteiger partial charge in [0.1, 0.15) is 5.75 Å². The monoisotopic (exact) mass is 295 g/mol. The Hall–Kier alpha value is -1.83. The van der Waals surface area contributed by atoms with Gasteiger partial charge < -0.3 is 30.5 Å². The van der Waals surface area contributed by atoms with Crippen molar-refractivity contribution < 1.29 is 19.4 Å². The molecule has 0 spiro atoms. The molecule has 2 rings (SSSR count). The molecule has 0 saturated carbocycles. The van der Waals surface area contributed by atoms with Gasteiger partial charge in [0.25, 0.3) is 0 Å². The summed E-state index contributed by atoms with van der Waals surface area (Å²) in [6.07, 6.45) is 0.0667. The first kappa shape index (κ1) is 15.6. The fourth-order valence-electron chi connectivity index (χ4n) is 2.16. The topological polar surface area (TPSA) is 98.3 Å². The lowest BCUT2D eigenvalue weighted by atomic mass is 10.1. The number of ether oxygens (including phenoxy) is 3. The summed E-state index contributed by atoms with van der Waals surface area (Å²) in [5, 5.41) is 15.0. The van der Waals surface area contributed by atoms with Crippen LogP contribution >= 0.6 is 0 Å². The van der Waals surface area contributed by atoms with E-state index >= 15 is 0 Å². The lowest BCUT2D eigenvalue weighted by Crippen LogP contribution is -2.37. The van der Waals surface area contributed by atoms with Crippen LogP contribution in [0.2, 0.25) is 0 Å². The Bertz CT molecular complexity index is 487. The summed E-state index contributed by atoms with van der Waals surface area (Å²) >= 11 is 0. The minimum atomic E-state index is 0.0667. The molecule has 4 N–H and O–H groups in total. The summed E-state index contributed by atoms with van der Waals surface area (Å²) in [5.41, 5.74) is 7.18.